The molecule has 0 saturated heterocycles. The Balaban J connectivity index is 0.000000149. The highest BCUT2D eigenvalue weighted by atomic mass is 36.0. The normalized spacial score (nSPS) is 42.3. The van der Waals surface area contributed by atoms with E-state index < -0.39 is 8.26 Å². The molecule has 0 aliphatic heterocycles. The summed E-state index contributed by atoms with van der Waals surface area (Å²) in [4.78, 5) is 0. The molecule has 0 aromatic heterocycles. The molecule has 4 aliphatic carbocycles. The first-order valence-electron chi connectivity index (χ1n) is 5.54. The van der Waals surface area contributed by atoms with E-state index in [-0.39, 0.29) is 0 Å². The third-order valence-corrected chi connectivity index (χ3v) is 4.00. The van der Waals surface area contributed by atoms with E-state index in [0.717, 1.165) is 0 Å². The van der Waals surface area contributed by atoms with Crippen molar-refractivity contribution in [1.82, 2.24) is 0 Å². The Bertz CT molecular complexity index is 262. The standard InChI is InChI=1S/C10H16.Cl2O2S/c1-7-2-9-4-8(1)5-10(3-7)6-9;1-5(2,3)4/h7-10H,1-6H2;. The zero-order valence-corrected chi connectivity index (χ0v) is 10.9. The lowest BCUT2D eigenvalue weighted by molar-refractivity contribution is 0.0198. The van der Waals surface area contributed by atoms with Crippen LogP contribution < -0.4 is 0 Å². The first-order valence-corrected chi connectivity index (χ1v) is 8.68. The van der Waals surface area contributed by atoms with Crippen molar-refractivity contribution in [2.45, 2.75) is 38.5 Å². The molecule has 4 fully saturated rings. The van der Waals surface area contributed by atoms with Crippen molar-refractivity contribution in [3.8, 4) is 0 Å². The molecule has 0 atom stereocenters. The number of hydrogen-bond donors (Lipinski definition) is 0. The minimum absolute atomic E-state index is 1.18. The van der Waals surface area contributed by atoms with Crippen molar-refractivity contribution >= 4 is 29.6 Å². The Morgan fingerprint density at radius 2 is 0.800 bits per heavy atom. The van der Waals surface area contributed by atoms with Crippen LogP contribution in [-0.4, -0.2) is 8.42 Å². The molecule has 0 aromatic carbocycles. The fourth-order valence-corrected chi connectivity index (χ4v) is 3.98. The number of rotatable bonds is 0. The molecule has 0 amide bonds. The van der Waals surface area contributed by atoms with Crippen molar-refractivity contribution in [1.29, 1.82) is 0 Å². The second kappa shape index (κ2) is 4.42. The summed E-state index contributed by atoms with van der Waals surface area (Å²) >= 11 is 0. The zero-order chi connectivity index (χ0) is 11.1. The topological polar surface area (TPSA) is 34.1 Å². The van der Waals surface area contributed by atoms with Crippen molar-refractivity contribution in [3.63, 3.8) is 0 Å². The highest BCUT2D eigenvalue weighted by Crippen LogP contribution is 2.53. The highest BCUT2D eigenvalue weighted by Gasteiger charge is 2.41. The van der Waals surface area contributed by atoms with Crippen molar-refractivity contribution in [2.75, 3.05) is 0 Å². The Hall–Kier alpha value is 0.530. The first kappa shape index (κ1) is 12.0. The summed E-state index contributed by atoms with van der Waals surface area (Å²) in [6.07, 6.45) is 9.62. The summed E-state index contributed by atoms with van der Waals surface area (Å²) in [5.41, 5.74) is 0. The van der Waals surface area contributed by atoms with Crippen molar-refractivity contribution < 1.29 is 8.42 Å². The Kier molecular flexibility index (Phi) is 3.54. The maximum absolute atomic E-state index is 9.16. The number of halogens is 2. The van der Waals surface area contributed by atoms with Gasteiger partial charge in [0.25, 0.3) is 0 Å². The van der Waals surface area contributed by atoms with E-state index in [1.165, 1.54) is 23.7 Å². The molecule has 4 rings (SSSR count). The SMILES string of the molecule is C1C2CC3CC1CC(C2)C3.O=S(=O)(Cl)Cl. The summed E-state index contributed by atoms with van der Waals surface area (Å²) < 4.78 is 18.3. The minimum Gasteiger partial charge on any atom is -0.195 e. The Labute approximate surface area is 100 Å². The molecule has 4 saturated carbocycles. The van der Waals surface area contributed by atoms with Gasteiger partial charge in [-0.15, -0.1) is 0 Å². The lowest BCUT2D eigenvalue weighted by atomic mass is 9.56. The lowest BCUT2D eigenvalue weighted by Crippen LogP contribution is -2.38. The Morgan fingerprint density at radius 1 is 0.667 bits per heavy atom. The molecule has 4 aliphatic rings. The van der Waals surface area contributed by atoms with E-state index in [1.807, 2.05) is 0 Å². The van der Waals surface area contributed by atoms with Gasteiger partial charge in [-0.1, -0.05) is 0 Å². The molecule has 0 N–H and O–H groups in total. The van der Waals surface area contributed by atoms with Crippen LogP contribution in [0.1, 0.15) is 38.5 Å². The summed E-state index contributed by atoms with van der Waals surface area (Å²) in [6, 6.07) is 0. The molecule has 0 heterocycles. The average Bonchev–Trinajstić information content (AvgIpc) is 1.96. The molecule has 0 unspecified atom stereocenters. The quantitative estimate of drug-likeness (QED) is 0.631. The summed E-state index contributed by atoms with van der Waals surface area (Å²) in [7, 11) is 4.81. The monoisotopic (exact) mass is 270 g/mol. The minimum atomic E-state index is -3.72. The van der Waals surface area contributed by atoms with Crippen LogP contribution in [0.3, 0.4) is 0 Å². The maximum atomic E-state index is 9.16. The van der Waals surface area contributed by atoms with Gasteiger partial charge in [-0.05, 0) is 62.2 Å². The Morgan fingerprint density at radius 3 is 0.933 bits per heavy atom. The van der Waals surface area contributed by atoms with E-state index in [0.29, 0.717) is 0 Å². The second-order valence-corrected chi connectivity index (χ2v) is 8.92. The van der Waals surface area contributed by atoms with Gasteiger partial charge in [0.15, 0.2) is 0 Å². The van der Waals surface area contributed by atoms with Crippen molar-refractivity contribution in [3.05, 3.63) is 0 Å². The van der Waals surface area contributed by atoms with Crippen LogP contribution >= 0.6 is 21.4 Å². The van der Waals surface area contributed by atoms with E-state index in [4.69, 9.17) is 8.42 Å². The van der Waals surface area contributed by atoms with Gasteiger partial charge in [-0.25, -0.2) is 0 Å². The van der Waals surface area contributed by atoms with Gasteiger partial charge < -0.3 is 0 Å². The fourth-order valence-electron chi connectivity index (χ4n) is 3.98. The highest BCUT2D eigenvalue weighted by molar-refractivity contribution is 8.31. The van der Waals surface area contributed by atoms with Crippen LogP contribution in [-0.2, 0) is 8.26 Å². The van der Waals surface area contributed by atoms with Crippen LogP contribution in [0.25, 0.3) is 0 Å². The van der Waals surface area contributed by atoms with Crippen LogP contribution in [0.2, 0.25) is 0 Å². The third kappa shape index (κ3) is 3.79. The molecule has 88 valence electrons. The van der Waals surface area contributed by atoms with E-state index >= 15 is 0 Å². The molecular weight excluding hydrogens is 255 g/mol. The van der Waals surface area contributed by atoms with Crippen LogP contribution in [0.5, 0.6) is 0 Å². The average molecular weight is 271 g/mol. The first-order chi connectivity index (χ1) is 6.90. The second-order valence-electron chi connectivity index (χ2n) is 5.26. The maximum Gasteiger partial charge on any atom is 0.317 e. The lowest BCUT2D eigenvalue weighted by Gasteiger charge is -2.49. The predicted molar refractivity (Wildman–Crippen MR) is 62.3 cm³/mol. The third-order valence-electron chi connectivity index (χ3n) is 4.00. The van der Waals surface area contributed by atoms with Crippen LogP contribution in [0.4, 0.5) is 0 Å². The van der Waals surface area contributed by atoms with Crippen LogP contribution in [0, 0.1) is 23.7 Å². The molecule has 0 spiro atoms. The smallest absolute Gasteiger partial charge is 0.195 e. The summed E-state index contributed by atoms with van der Waals surface area (Å²) in [6.45, 7) is 0. The largest absolute Gasteiger partial charge is 0.317 e. The predicted octanol–water partition coefficient (Wildman–Crippen LogP) is 3.54. The molecule has 4 bridgehead atoms. The van der Waals surface area contributed by atoms with Crippen LogP contribution in [0.15, 0.2) is 0 Å². The van der Waals surface area contributed by atoms with Gasteiger partial charge in [0.1, 0.15) is 0 Å². The van der Waals surface area contributed by atoms with E-state index in [9.17, 15) is 0 Å². The van der Waals surface area contributed by atoms with Gasteiger partial charge in [0.2, 0.25) is 0 Å². The van der Waals surface area contributed by atoms with Gasteiger partial charge >= 0.3 is 8.26 Å². The molecule has 0 radical (unpaired) electrons. The van der Waals surface area contributed by atoms with Gasteiger partial charge in [0.05, 0.1) is 0 Å². The molecule has 2 nitrogen and oxygen atoms in total. The molecule has 5 heteroatoms. The van der Waals surface area contributed by atoms with Gasteiger partial charge in [0, 0.05) is 21.4 Å². The number of hydrogen-bond acceptors (Lipinski definition) is 2. The fraction of sp³-hybridized carbons (Fsp3) is 1.00. The molecular formula is C10H16Cl2O2S. The van der Waals surface area contributed by atoms with E-state index in [1.54, 1.807) is 38.5 Å². The zero-order valence-electron chi connectivity index (χ0n) is 8.53. The summed E-state index contributed by atoms with van der Waals surface area (Å²) in [5.74, 6) is 4.71. The summed E-state index contributed by atoms with van der Waals surface area (Å²) in [5, 5.41) is 0. The van der Waals surface area contributed by atoms with Gasteiger partial charge in [-0.3, -0.25) is 0 Å². The van der Waals surface area contributed by atoms with Crippen molar-refractivity contribution in [2.24, 2.45) is 23.7 Å². The molecule has 0 aromatic rings. The van der Waals surface area contributed by atoms with E-state index in [2.05, 4.69) is 21.4 Å². The molecule has 15 heavy (non-hydrogen) atoms. The van der Waals surface area contributed by atoms with Gasteiger partial charge in [-0.2, -0.15) is 8.42 Å².